The van der Waals surface area contributed by atoms with Crippen molar-refractivity contribution < 1.29 is 4.57 Å². The van der Waals surface area contributed by atoms with Crippen LogP contribution in [0.5, 0.6) is 0 Å². The first-order valence-corrected chi connectivity index (χ1v) is 16.9. The lowest BCUT2D eigenvalue weighted by molar-refractivity contribution is 0.581. The molecule has 0 aliphatic heterocycles. The van der Waals surface area contributed by atoms with E-state index >= 15 is 0 Å². The molecule has 0 spiro atoms. The van der Waals surface area contributed by atoms with Gasteiger partial charge in [0, 0.05) is 41.8 Å². The van der Waals surface area contributed by atoms with Gasteiger partial charge in [0.1, 0.15) is 5.54 Å². The van der Waals surface area contributed by atoms with Crippen molar-refractivity contribution in [2.24, 2.45) is 19.8 Å². The fraction of sp³-hybridized carbons (Fsp3) is 0.250. The molecule has 2 N–H and O–H groups in total. The molecule has 6 nitrogen and oxygen atoms in total. The Kier molecular flexibility index (Phi) is 9.30. The highest BCUT2D eigenvalue weighted by Crippen LogP contribution is 2.38. The summed E-state index contributed by atoms with van der Waals surface area (Å²) in [5.41, 5.74) is 11.0. The molecule has 0 aliphatic rings. The predicted molar refractivity (Wildman–Crippen MR) is 173 cm³/mol. The zero-order chi connectivity index (χ0) is 29.9. The Hall–Kier alpha value is -3.15. The van der Waals surface area contributed by atoms with Gasteiger partial charge >= 0.3 is 0 Å². The van der Waals surface area contributed by atoms with E-state index in [0.29, 0.717) is 10.0 Å². The number of imidazole rings is 1. The smallest absolute Gasteiger partial charge is 0.251 e. The van der Waals surface area contributed by atoms with E-state index in [1.165, 1.54) is 0 Å². The molecule has 0 bridgehead atoms. The Morgan fingerprint density at radius 2 is 1.59 bits per heavy atom. The topological polar surface area (TPSA) is 82.9 Å². The number of benzene rings is 3. The molecule has 1 atom stereocenters. The molecule has 5 rings (SSSR count). The van der Waals surface area contributed by atoms with E-state index in [2.05, 4.69) is 11.9 Å². The number of rotatable bonds is 6. The lowest BCUT2D eigenvalue weighted by atomic mass is 9.80. The maximum atomic E-state index is 12.8. The molecule has 2 aromatic heterocycles. The third-order valence-electron chi connectivity index (χ3n) is 7.10. The van der Waals surface area contributed by atoms with E-state index < -0.39 is 12.7 Å². The summed E-state index contributed by atoms with van der Waals surface area (Å²) >= 11 is 12.6. The maximum Gasteiger partial charge on any atom is 0.251 e. The molecule has 41 heavy (non-hydrogen) atoms. The van der Waals surface area contributed by atoms with Crippen molar-refractivity contribution in [1.82, 2.24) is 14.1 Å². The van der Waals surface area contributed by atoms with Crippen LogP contribution in [-0.4, -0.2) is 33.6 Å². The molecule has 2 heterocycles. The Labute approximate surface area is 251 Å². The van der Waals surface area contributed by atoms with Crippen LogP contribution in [0.25, 0.3) is 22.0 Å². The Balaban J connectivity index is 0.000000493. The summed E-state index contributed by atoms with van der Waals surface area (Å²) in [6.07, 6.45) is 5.44. The second-order valence-electron chi connectivity index (χ2n) is 10.7. The summed E-state index contributed by atoms with van der Waals surface area (Å²) in [4.78, 5) is 17.1. The average Bonchev–Trinajstić information content (AvgIpc) is 3.36. The average molecular weight is 610 g/mol. The summed E-state index contributed by atoms with van der Waals surface area (Å²) in [5, 5.41) is 2.09. The Morgan fingerprint density at radius 3 is 2.15 bits per heavy atom. The van der Waals surface area contributed by atoms with E-state index in [1.54, 1.807) is 30.2 Å². The number of hydrogen-bond acceptors (Lipinski definition) is 4. The fourth-order valence-corrected chi connectivity index (χ4v) is 6.53. The zero-order valence-corrected chi connectivity index (χ0v) is 26.3. The van der Waals surface area contributed by atoms with Crippen molar-refractivity contribution in [2.75, 3.05) is 19.5 Å². The number of halogens is 2. The molecule has 0 fully saturated rings. The highest BCUT2D eigenvalue weighted by molar-refractivity contribution is 7.62. The van der Waals surface area contributed by atoms with Crippen LogP contribution in [0.4, 0.5) is 0 Å². The molecular weight excluding hydrogens is 574 g/mol. The molecule has 0 aliphatic carbocycles. The number of aryl methyl sites for hydroxylation is 2. The number of pyridine rings is 1. The summed E-state index contributed by atoms with van der Waals surface area (Å²) < 4.78 is 14.4. The fourth-order valence-electron chi connectivity index (χ4n) is 5.07. The number of nitrogens with two attached hydrogens (primary N) is 1. The van der Waals surface area contributed by atoms with Crippen molar-refractivity contribution >= 4 is 41.2 Å². The van der Waals surface area contributed by atoms with Gasteiger partial charge in [0.25, 0.3) is 5.56 Å². The van der Waals surface area contributed by atoms with Crippen LogP contribution in [0.3, 0.4) is 0 Å². The lowest BCUT2D eigenvalue weighted by Crippen LogP contribution is -2.41. The first-order chi connectivity index (χ1) is 19.3. The summed E-state index contributed by atoms with van der Waals surface area (Å²) in [6.45, 7) is 5.71. The SMILES string of the molecule is CCCP(C)(C)=O.Cn1cncc1C(N)(c1cccc(Cl)c1)c1ccc2c(c1)c(-c1cccc(Cl)c1)cc(=O)n2C. The van der Waals surface area contributed by atoms with E-state index in [9.17, 15) is 9.36 Å². The van der Waals surface area contributed by atoms with Gasteiger partial charge in [0.2, 0.25) is 0 Å². The van der Waals surface area contributed by atoms with Crippen LogP contribution >= 0.6 is 30.3 Å². The van der Waals surface area contributed by atoms with E-state index in [-0.39, 0.29) is 5.56 Å². The van der Waals surface area contributed by atoms with Gasteiger partial charge in [-0.25, -0.2) is 4.98 Å². The molecule has 1 unspecified atom stereocenters. The predicted octanol–water partition coefficient (Wildman–Crippen LogP) is 7.52. The number of fused-ring (bicyclic) bond motifs is 1. The molecule has 3 aromatic carbocycles. The zero-order valence-electron chi connectivity index (χ0n) is 23.9. The van der Waals surface area contributed by atoms with Gasteiger partial charge in [-0.05, 0) is 78.4 Å². The third kappa shape index (κ3) is 6.68. The van der Waals surface area contributed by atoms with Crippen molar-refractivity contribution in [3.8, 4) is 11.1 Å². The van der Waals surface area contributed by atoms with Crippen molar-refractivity contribution in [3.05, 3.63) is 123 Å². The second kappa shape index (κ2) is 12.4. The van der Waals surface area contributed by atoms with Gasteiger partial charge in [-0.3, -0.25) is 4.79 Å². The van der Waals surface area contributed by atoms with Gasteiger partial charge in [-0.2, -0.15) is 0 Å². The van der Waals surface area contributed by atoms with Crippen LogP contribution in [-0.2, 0) is 24.2 Å². The normalized spacial score (nSPS) is 13.0. The van der Waals surface area contributed by atoms with E-state index in [1.807, 2.05) is 91.7 Å². The Bertz CT molecular complexity index is 1810. The van der Waals surface area contributed by atoms with Gasteiger partial charge in [0.15, 0.2) is 0 Å². The molecule has 214 valence electrons. The van der Waals surface area contributed by atoms with Crippen molar-refractivity contribution in [3.63, 3.8) is 0 Å². The van der Waals surface area contributed by atoms with Crippen LogP contribution in [0, 0.1) is 0 Å². The van der Waals surface area contributed by atoms with Crippen LogP contribution in [0.15, 0.2) is 90.1 Å². The molecule has 9 heteroatoms. The van der Waals surface area contributed by atoms with Gasteiger partial charge < -0.3 is 19.4 Å². The number of aromatic nitrogens is 3. The summed E-state index contributed by atoms with van der Waals surface area (Å²) in [5.74, 6) is 0. The molecule has 5 aromatic rings. The molecule has 0 saturated heterocycles. The Morgan fingerprint density at radius 1 is 0.927 bits per heavy atom. The van der Waals surface area contributed by atoms with Crippen molar-refractivity contribution in [1.29, 1.82) is 0 Å². The highest BCUT2D eigenvalue weighted by Gasteiger charge is 2.35. The second-order valence-corrected chi connectivity index (χ2v) is 15.2. The molecule has 0 radical (unpaired) electrons. The standard InChI is InChI=1S/C27H22Cl2N4O.C5H13OP/c1-32-16-31-15-25(32)27(30,18-6-4-8-21(29)12-18)19-9-10-24-23(13-19)22(14-26(34)33(24)2)17-5-3-7-20(28)11-17;1-4-5-7(2,3)6/h3-16H,30H2,1-2H3;4-5H2,1-3H3. The van der Waals surface area contributed by atoms with E-state index in [0.717, 1.165) is 51.4 Å². The number of hydrogen-bond donors (Lipinski definition) is 1. The highest BCUT2D eigenvalue weighted by atomic mass is 35.5. The van der Waals surface area contributed by atoms with Crippen molar-refractivity contribution in [2.45, 2.75) is 18.9 Å². The van der Waals surface area contributed by atoms with Crippen LogP contribution in [0.2, 0.25) is 10.0 Å². The first kappa shape index (κ1) is 30.8. The minimum Gasteiger partial charge on any atom is -0.336 e. The summed E-state index contributed by atoms with van der Waals surface area (Å²) in [7, 11) is 2.01. The first-order valence-electron chi connectivity index (χ1n) is 13.3. The molecule has 0 saturated carbocycles. The molecular formula is C32H35Cl2N4O2P. The minimum absolute atomic E-state index is 0.101. The minimum atomic E-state index is -1.67. The van der Waals surface area contributed by atoms with Crippen LogP contribution in [0.1, 0.15) is 30.2 Å². The monoisotopic (exact) mass is 608 g/mol. The quantitative estimate of drug-likeness (QED) is 0.202. The maximum absolute atomic E-state index is 12.8. The van der Waals surface area contributed by atoms with Gasteiger partial charge in [-0.15, -0.1) is 0 Å². The van der Waals surface area contributed by atoms with E-state index in [4.69, 9.17) is 28.9 Å². The van der Waals surface area contributed by atoms with Gasteiger partial charge in [-0.1, -0.05) is 60.5 Å². The van der Waals surface area contributed by atoms with Crippen LogP contribution < -0.4 is 11.3 Å². The summed E-state index contributed by atoms with van der Waals surface area (Å²) in [6, 6.07) is 22.6. The lowest BCUT2D eigenvalue weighted by Gasteiger charge is -2.32. The largest absolute Gasteiger partial charge is 0.336 e. The number of nitrogens with zero attached hydrogens (tertiary/aromatic N) is 3. The van der Waals surface area contributed by atoms with Gasteiger partial charge in [0.05, 0.1) is 30.9 Å². The molecule has 0 amide bonds. The third-order valence-corrected chi connectivity index (χ3v) is 9.09.